The van der Waals surface area contributed by atoms with Crippen LogP contribution in [0.25, 0.3) is 0 Å². The zero-order chi connectivity index (χ0) is 13.0. The number of nitrogens with one attached hydrogen (secondary N) is 2. The SMILES string of the molecule is CCCc1nnsc1C(=O)NC(C)c1cn[nH]c1. The van der Waals surface area contributed by atoms with Crippen molar-refractivity contribution in [3.8, 4) is 0 Å². The monoisotopic (exact) mass is 265 g/mol. The molecule has 2 N–H and O–H groups in total. The quantitative estimate of drug-likeness (QED) is 0.862. The number of aromatic amines is 1. The zero-order valence-corrected chi connectivity index (χ0v) is 11.1. The topological polar surface area (TPSA) is 83.6 Å². The fraction of sp³-hybridized carbons (Fsp3) is 0.455. The van der Waals surface area contributed by atoms with Crippen LogP contribution in [0.2, 0.25) is 0 Å². The highest BCUT2D eigenvalue weighted by Crippen LogP contribution is 2.15. The molecule has 0 saturated heterocycles. The summed E-state index contributed by atoms with van der Waals surface area (Å²) in [6, 6.07) is -0.0900. The van der Waals surface area contributed by atoms with Gasteiger partial charge >= 0.3 is 0 Å². The van der Waals surface area contributed by atoms with E-state index in [1.54, 1.807) is 12.4 Å². The summed E-state index contributed by atoms with van der Waals surface area (Å²) in [4.78, 5) is 12.7. The minimum atomic E-state index is -0.123. The summed E-state index contributed by atoms with van der Waals surface area (Å²) in [6.07, 6.45) is 5.19. The number of H-pyrrole nitrogens is 1. The lowest BCUT2D eigenvalue weighted by Crippen LogP contribution is -2.26. The highest BCUT2D eigenvalue weighted by Gasteiger charge is 2.18. The van der Waals surface area contributed by atoms with Crippen LogP contribution in [0.5, 0.6) is 0 Å². The first-order chi connectivity index (χ1) is 8.72. The second-order valence-corrected chi connectivity index (χ2v) is 4.78. The highest BCUT2D eigenvalue weighted by atomic mass is 32.1. The highest BCUT2D eigenvalue weighted by molar-refractivity contribution is 7.08. The van der Waals surface area contributed by atoms with Crippen LogP contribution in [0.4, 0.5) is 0 Å². The largest absolute Gasteiger partial charge is 0.345 e. The van der Waals surface area contributed by atoms with E-state index in [2.05, 4.69) is 32.0 Å². The number of hydrogen-bond donors (Lipinski definition) is 2. The van der Waals surface area contributed by atoms with E-state index >= 15 is 0 Å². The summed E-state index contributed by atoms with van der Waals surface area (Å²) in [5.74, 6) is -0.123. The lowest BCUT2D eigenvalue weighted by Gasteiger charge is -2.11. The van der Waals surface area contributed by atoms with Gasteiger partial charge in [-0.2, -0.15) is 5.10 Å². The average molecular weight is 265 g/mol. The van der Waals surface area contributed by atoms with E-state index in [0.717, 1.165) is 35.6 Å². The van der Waals surface area contributed by atoms with E-state index in [4.69, 9.17) is 0 Å². The van der Waals surface area contributed by atoms with Crippen LogP contribution in [0.3, 0.4) is 0 Å². The molecule has 1 amide bonds. The maximum atomic E-state index is 12.1. The van der Waals surface area contributed by atoms with Gasteiger partial charge in [0.15, 0.2) is 0 Å². The molecule has 0 saturated carbocycles. The molecule has 0 aliphatic carbocycles. The fourth-order valence-corrected chi connectivity index (χ4v) is 2.24. The van der Waals surface area contributed by atoms with Crippen LogP contribution in [0.15, 0.2) is 12.4 Å². The predicted octanol–water partition coefficient (Wildman–Crippen LogP) is 1.70. The molecule has 18 heavy (non-hydrogen) atoms. The molecule has 0 fully saturated rings. The predicted molar refractivity (Wildman–Crippen MR) is 68.4 cm³/mol. The standard InChI is InChI=1S/C11H15N5OS/c1-3-4-9-10(18-16-15-9)11(17)14-7(2)8-5-12-13-6-8/h5-7H,3-4H2,1-2H3,(H,12,13)(H,14,17). The molecule has 6 nitrogen and oxygen atoms in total. The molecule has 2 rings (SSSR count). The maximum Gasteiger partial charge on any atom is 0.265 e. The molecule has 1 unspecified atom stereocenters. The molecule has 2 heterocycles. The Balaban J connectivity index is 2.05. The number of amides is 1. The van der Waals surface area contributed by atoms with Crippen LogP contribution in [-0.4, -0.2) is 25.7 Å². The first kappa shape index (κ1) is 12.7. The van der Waals surface area contributed by atoms with Gasteiger partial charge in [-0.3, -0.25) is 9.89 Å². The number of rotatable bonds is 5. The van der Waals surface area contributed by atoms with Gasteiger partial charge in [0, 0.05) is 11.8 Å². The minimum absolute atomic E-state index is 0.0900. The van der Waals surface area contributed by atoms with E-state index in [1.807, 2.05) is 6.92 Å². The normalized spacial score (nSPS) is 12.3. The van der Waals surface area contributed by atoms with Gasteiger partial charge in [-0.05, 0) is 24.9 Å². The van der Waals surface area contributed by atoms with Gasteiger partial charge in [0.25, 0.3) is 5.91 Å². The number of hydrogen-bond acceptors (Lipinski definition) is 5. The Hall–Kier alpha value is -1.76. The number of carbonyl (C=O) groups is 1. The summed E-state index contributed by atoms with van der Waals surface area (Å²) >= 11 is 1.14. The number of aryl methyl sites for hydroxylation is 1. The number of carbonyl (C=O) groups excluding carboxylic acids is 1. The van der Waals surface area contributed by atoms with Crippen LogP contribution >= 0.6 is 11.5 Å². The second kappa shape index (κ2) is 5.72. The van der Waals surface area contributed by atoms with Crippen LogP contribution in [-0.2, 0) is 6.42 Å². The van der Waals surface area contributed by atoms with Crippen molar-refractivity contribution in [3.63, 3.8) is 0 Å². The smallest absolute Gasteiger partial charge is 0.265 e. The Morgan fingerprint density at radius 2 is 2.44 bits per heavy atom. The molecule has 0 aliphatic rings. The molecular formula is C11H15N5OS. The number of aromatic nitrogens is 4. The third kappa shape index (κ3) is 2.73. The molecule has 2 aromatic rings. The first-order valence-corrected chi connectivity index (χ1v) is 6.60. The molecular weight excluding hydrogens is 250 g/mol. The van der Waals surface area contributed by atoms with Crippen LogP contribution < -0.4 is 5.32 Å². The lowest BCUT2D eigenvalue weighted by molar-refractivity contribution is 0.0943. The zero-order valence-electron chi connectivity index (χ0n) is 10.3. The Morgan fingerprint density at radius 1 is 1.61 bits per heavy atom. The minimum Gasteiger partial charge on any atom is -0.345 e. The third-order valence-electron chi connectivity index (χ3n) is 2.62. The Morgan fingerprint density at radius 3 is 3.11 bits per heavy atom. The maximum absolute atomic E-state index is 12.1. The summed E-state index contributed by atoms with van der Waals surface area (Å²) in [5, 5.41) is 13.5. The van der Waals surface area contributed by atoms with Gasteiger partial charge in [-0.25, -0.2) is 0 Å². The molecule has 7 heteroatoms. The summed E-state index contributed by atoms with van der Waals surface area (Å²) in [5.41, 5.74) is 1.72. The van der Waals surface area contributed by atoms with E-state index in [0.29, 0.717) is 4.88 Å². The Kier molecular flexibility index (Phi) is 4.03. The van der Waals surface area contributed by atoms with Crippen molar-refractivity contribution >= 4 is 17.4 Å². The molecule has 0 aromatic carbocycles. The van der Waals surface area contributed by atoms with Crippen molar-refractivity contribution < 1.29 is 4.79 Å². The van der Waals surface area contributed by atoms with Crippen molar-refractivity contribution in [1.82, 2.24) is 25.1 Å². The lowest BCUT2D eigenvalue weighted by atomic mass is 10.2. The summed E-state index contributed by atoms with van der Waals surface area (Å²) in [6.45, 7) is 3.96. The molecule has 0 spiro atoms. The summed E-state index contributed by atoms with van der Waals surface area (Å²) < 4.78 is 3.84. The average Bonchev–Trinajstić information content (AvgIpc) is 3.00. The molecule has 0 bridgehead atoms. The first-order valence-electron chi connectivity index (χ1n) is 5.83. The molecule has 96 valence electrons. The van der Waals surface area contributed by atoms with Gasteiger partial charge in [-0.15, -0.1) is 5.10 Å². The Bertz CT molecular complexity index is 507. The second-order valence-electron chi connectivity index (χ2n) is 4.03. The summed E-state index contributed by atoms with van der Waals surface area (Å²) in [7, 11) is 0. The number of nitrogens with zero attached hydrogens (tertiary/aromatic N) is 3. The van der Waals surface area contributed by atoms with Crippen molar-refractivity contribution in [3.05, 3.63) is 28.5 Å². The van der Waals surface area contributed by atoms with Crippen molar-refractivity contribution in [1.29, 1.82) is 0 Å². The van der Waals surface area contributed by atoms with Crippen molar-refractivity contribution in [2.75, 3.05) is 0 Å². The molecule has 0 aliphatic heterocycles. The van der Waals surface area contributed by atoms with Crippen LogP contribution in [0, 0.1) is 0 Å². The third-order valence-corrected chi connectivity index (χ3v) is 3.38. The fourth-order valence-electron chi connectivity index (χ4n) is 1.62. The van der Waals surface area contributed by atoms with E-state index in [1.165, 1.54) is 0 Å². The van der Waals surface area contributed by atoms with Gasteiger partial charge in [-0.1, -0.05) is 17.8 Å². The van der Waals surface area contributed by atoms with Gasteiger partial charge in [0.2, 0.25) is 0 Å². The van der Waals surface area contributed by atoms with Crippen LogP contribution in [0.1, 0.15) is 47.2 Å². The van der Waals surface area contributed by atoms with Crippen molar-refractivity contribution in [2.45, 2.75) is 32.7 Å². The van der Waals surface area contributed by atoms with Gasteiger partial charge < -0.3 is 5.32 Å². The van der Waals surface area contributed by atoms with Gasteiger partial charge in [0.1, 0.15) is 4.88 Å². The van der Waals surface area contributed by atoms with E-state index in [9.17, 15) is 4.79 Å². The van der Waals surface area contributed by atoms with E-state index < -0.39 is 0 Å². The van der Waals surface area contributed by atoms with Gasteiger partial charge in [0.05, 0.1) is 17.9 Å². The molecule has 0 radical (unpaired) electrons. The molecule has 1 atom stereocenters. The molecule has 2 aromatic heterocycles. The van der Waals surface area contributed by atoms with Crippen molar-refractivity contribution in [2.24, 2.45) is 0 Å². The Labute approximate surface area is 109 Å². The van der Waals surface area contributed by atoms with E-state index in [-0.39, 0.29) is 11.9 Å².